The number of phenolic OH excluding ortho intramolecular Hbond substituents is 1. The van der Waals surface area contributed by atoms with E-state index in [1.807, 2.05) is 6.92 Å². The Morgan fingerprint density at radius 2 is 2.00 bits per heavy atom. The van der Waals surface area contributed by atoms with E-state index in [0.717, 1.165) is 0 Å². The second kappa shape index (κ2) is 5.41. The smallest absolute Gasteiger partial charge is 0.178 e. The van der Waals surface area contributed by atoms with E-state index in [-0.39, 0.29) is 18.3 Å². The molecular weight excluding hydrogens is 276 g/mol. The number of hydrogen-bond acceptors (Lipinski definition) is 4. The number of halogens is 1. The highest BCUT2D eigenvalue weighted by Gasteiger charge is 2.20. The molecule has 0 aliphatic heterocycles. The van der Waals surface area contributed by atoms with Gasteiger partial charge in [0.1, 0.15) is 10.2 Å². The summed E-state index contributed by atoms with van der Waals surface area (Å²) in [5.74, 6) is 0.853. The Kier molecular flexibility index (Phi) is 4.44. The van der Waals surface area contributed by atoms with Gasteiger partial charge in [0.2, 0.25) is 0 Å². The van der Waals surface area contributed by atoms with E-state index in [9.17, 15) is 5.11 Å². The van der Waals surface area contributed by atoms with Crippen LogP contribution < -0.4 is 9.47 Å². The monoisotopic (exact) mass is 290 g/mol. The topological polar surface area (TPSA) is 58.9 Å². The minimum Gasteiger partial charge on any atom is -0.506 e. The fourth-order valence-corrected chi connectivity index (χ4v) is 2.02. The Morgan fingerprint density at radius 1 is 1.38 bits per heavy atom. The molecule has 1 atom stereocenters. The van der Waals surface area contributed by atoms with Crippen LogP contribution >= 0.6 is 15.9 Å². The van der Waals surface area contributed by atoms with Crippen LogP contribution in [0.1, 0.15) is 18.4 Å². The largest absolute Gasteiger partial charge is 0.506 e. The molecule has 2 N–H and O–H groups in total. The zero-order valence-corrected chi connectivity index (χ0v) is 11.0. The first-order valence-electron chi connectivity index (χ1n) is 4.81. The lowest BCUT2D eigenvalue weighted by atomic mass is 10.0. The van der Waals surface area contributed by atoms with Crippen LogP contribution in [0.15, 0.2) is 10.5 Å². The van der Waals surface area contributed by atoms with Crippen LogP contribution in [0.2, 0.25) is 0 Å². The molecule has 0 saturated heterocycles. The van der Waals surface area contributed by atoms with E-state index in [0.29, 0.717) is 21.5 Å². The van der Waals surface area contributed by atoms with Crippen molar-refractivity contribution in [2.24, 2.45) is 0 Å². The van der Waals surface area contributed by atoms with Crippen molar-refractivity contribution in [1.29, 1.82) is 0 Å². The molecule has 0 aliphatic rings. The first-order valence-corrected chi connectivity index (χ1v) is 5.60. The first kappa shape index (κ1) is 13.1. The first-order chi connectivity index (χ1) is 7.56. The predicted molar refractivity (Wildman–Crippen MR) is 64.4 cm³/mol. The van der Waals surface area contributed by atoms with Crippen molar-refractivity contribution in [2.75, 3.05) is 20.8 Å². The molecule has 0 radical (unpaired) electrons. The van der Waals surface area contributed by atoms with Crippen molar-refractivity contribution in [2.45, 2.75) is 12.8 Å². The molecule has 0 amide bonds. The maximum absolute atomic E-state index is 9.94. The highest BCUT2D eigenvalue weighted by molar-refractivity contribution is 9.10. The lowest BCUT2D eigenvalue weighted by molar-refractivity contribution is 0.269. The van der Waals surface area contributed by atoms with Gasteiger partial charge in [-0.1, -0.05) is 6.92 Å². The van der Waals surface area contributed by atoms with Crippen molar-refractivity contribution in [3.8, 4) is 17.2 Å². The zero-order valence-electron chi connectivity index (χ0n) is 9.45. The van der Waals surface area contributed by atoms with Gasteiger partial charge >= 0.3 is 0 Å². The van der Waals surface area contributed by atoms with Crippen molar-refractivity contribution in [1.82, 2.24) is 0 Å². The van der Waals surface area contributed by atoms with Gasteiger partial charge in [-0.25, -0.2) is 0 Å². The number of rotatable bonds is 4. The van der Waals surface area contributed by atoms with Crippen LogP contribution in [0.5, 0.6) is 17.2 Å². The second-order valence-electron chi connectivity index (χ2n) is 3.45. The maximum Gasteiger partial charge on any atom is 0.178 e. The van der Waals surface area contributed by atoms with E-state index in [1.165, 1.54) is 14.2 Å². The number of ether oxygens (including phenoxy) is 2. The molecule has 90 valence electrons. The summed E-state index contributed by atoms with van der Waals surface area (Å²) in [5.41, 5.74) is 0.618. The molecule has 5 heteroatoms. The Hall–Kier alpha value is -0.940. The van der Waals surface area contributed by atoms with Crippen LogP contribution in [0.4, 0.5) is 0 Å². The summed E-state index contributed by atoms with van der Waals surface area (Å²) in [4.78, 5) is 0. The van der Waals surface area contributed by atoms with Gasteiger partial charge in [-0.2, -0.15) is 0 Å². The van der Waals surface area contributed by atoms with Crippen LogP contribution in [-0.2, 0) is 0 Å². The number of benzene rings is 1. The van der Waals surface area contributed by atoms with E-state index in [4.69, 9.17) is 14.6 Å². The average molecular weight is 291 g/mol. The Morgan fingerprint density at radius 3 is 2.44 bits per heavy atom. The highest BCUT2D eigenvalue weighted by atomic mass is 79.9. The molecule has 1 unspecified atom stereocenters. The van der Waals surface area contributed by atoms with Gasteiger partial charge in [0.25, 0.3) is 0 Å². The Bertz CT molecular complexity index is 379. The fraction of sp³-hybridized carbons (Fsp3) is 0.455. The summed E-state index contributed by atoms with van der Waals surface area (Å²) in [7, 11) is 3.02. The number of methoxy groups -OCH3 is 2. The summed E-state index contributed by atoms with van der Waals surface area (Å²) < 4.78 is 10.7. The Balaban J connectivity index is 3.38. The normalized spacial score (nSPS) is 12.3. The molecule has 0 spiro atoms. The van der Waals surface area contributed by atoms with Crippen molar-refractivity contribution in [3.63, 3.8) is 0 Å². The van der Waals surface area contributed by atoms with E-state index >= 15 is 0 Å². The van der Waals surface area contributed by atoms with Gasteiger partial charge < -0.3 is 19.7 Å². The summed E-state index contributed by atoms with van der Waals surface area (Å²) in [6, 6.07) is 1.67. The van der Waals surface area contributed by atoms with E-state index in [1.54, 1.807) is 6.07 Å². The minimum absolute atomic E-state index is 0.0461. The van der Waals surface area contributed by atoms with Gasteiger partial charge in [0, 0.05) is 18.1 Å². The molecular formula is C11H15BrO4. The van der Waals surface area contributed by atoms with Crippen LogP contribution in [0, 0.1) is 0 Å². The number of hydrogen-bond donors (Lipinski definition) is 2. The quantitative estimate of drug-likeness (QED) is 0.893. The average Bonchev–Trinajstić information content (AvgIpc) is 2.31. The molecule has 1 aromatic carbocycles. The molecule has 0 aromatic heterocycles. The van der Waals surface area contributed by atoms with Crippen molar-refractivity contribution < 1.29 is 19.7 Å². The molecule has 0 heterocycles. The molecule has 0 fully saturated rings. The molecule has 0 aliphatic carbocycles. The van der Waals surface area contributed by atoms with Crippen molar-refractivity contribution >= 4 is 15.9 Å². The zero-order chi connectivity index (χ0) is 12.3. The fourth-order valence-electron chi connectivity index (χ4n) is 1.43. The van der Waals surface area contributed by atoms with Crippen LogP contribution in [0.25, 0.3) is 0 Å². The molecule has 4 nitrogen and oxygen atoms in total. The predicted octanol–water partition coefficient (Wildman–Crippen LogP) is 2.27. The van der Waals surface area contributed by atoms with Crippen molar-refractivity contribution in [3.05, 3.63) is 16.1 Å². The van der Waals surface area contributed by atoms with E-state index < -0.39 is 0 Å². The minimum atomic E-state index is -0.170. The van der Waals surface area contributed by atoms with Gasteiger partial charge in [-0.15, -0.1) is 0 Å². The third-order valence-corrected chi connectivity index (χ3v) is 3.16. The summed E-state index contributed by atoms with van der Waals surface area (Å²) in [5, 5.41) is 19.0. The Labute approximate surface area is 103 Å². The molecule has 0 saturated carbocycles. The van der Waals surface area contributed by atoms with Gasteiger partial charge in [0.05, 0.1) is 14.2 Å². The summed E-state index contributed by atoms with van der Waals surface area (Å²) >= 11 is 3.24. The van der Waals surface area contributed by atoms with Gasteiger partial charge in [-0.3, -0.25) is 0 Å². The number of aromatic hydroxyl groups is 1. The third-order valence-electron chi connectivity index (χ3n) is 2.42. The van der Waals surface area contributed by atoms with Crippen LogP contribution in [0.3, 0.4) is 0 Å². The molecule has 16 heavy (non-hydrogen) atoms. The lowest BCUT2D eigenvalue weighted by Gasteiger charge is -2.17. The number of phenols is 1. The summed E-state index contributed by atoms with van der Waals surface area (Å²) in [6.45, 7) is 1.77. The van der Waals surface area contributed by atoms with E-state index in [2.05, 4.69) is 15.9 Å². The van der Waals surface area contributed by atoms with Crippen LogP contribution in [-0.4, -0.2) is 31.0 Å². The molecule has 0 bridgehead atoms. The second-order valence-corrected chi connectivity index (χ2v) is 4.24. The molecule has 1 rings (SSSR count). The van der Waals surface area contributed by atoms with Gasteiger partial charge in [-0.05, 0) is 22.0 Å². The standard InChI is InChI=1S/C11H15BrO4/c1-6(5-13)7-4-8(15-2)11(16-3)9(12)10(7)14/h4,6,13-14H,5H2,1-3H3. The number of aliphatic hydroxyl groups is 1. The summed E-state index contributed by atoms with van der Waals surface area (Å²) in [6.07, 6.45) is 0. The lowest BCUT2D eigenvalue weighted by Crippen LogP contribution is -2.02. The van der Waals surface area contributed by atoms with Gasteiger partial charge in [0.15, 0.2) is 11.5 Å². The number of aliphatic hydroxyl groups excluding tert-OH is 1. The molecule has 1 aromatic rings. The SMILES string of the molecule is COc1cc(C(C)CO)c(O)c(Br)c1OC. The maximum atomic E-state index is 9.94. The third kappa shape index (κ3) is 2.25. The highest BCUT2D eigenvalue weighted by Crippen LogP contribution is 2.45.